The maximum absolute atomic E-state index is 13.5. The fourth-order valence-electron chi connectivity index (χ4n) is 2.38. The normalized spacial score (nSPS) is 11.2. The summed E-state index contributed by atoms with van der Waals surface area (Å²) in [5.41, 5.74) is 0.723. The molecule has 0 aliphatic heterocycles. The van der Waals surface area contributed by atoms with Crippen molar-refractivity contribution in [2.75, 3.05) is 26.0 Å². The van der Waals surface area contributed by atoms with Crippen LogP contribution in [0.5, 0.6) is 5.75 Å². The molecule has 1 amide bonds. The topological polar surface area (TPSA) is 72.9 Å². The zero-order valence-electron chi connectivity index (χ0n) is 15.2. The van der Waals surface area contributed by atoms with E-state index in [1.54, 1.807) is 18.2 Å². The summed E-state index contributed by atoms with van der Waals surface area (Å²) >= 11 is 0. The van der Waals surface area contributed by atoms with Gasteiger partial charge in [-0.2, -0.15) is 8.42 Å². The Hall–Kier alpha value is -2.45. The molecule has 2 aromatic rings. The van der Waals surface area contributed by atoms with Crippen LogP contribution in [-0.4, -0.2) is 45.2 Å². The molecule has 6 nitrogen and oxygen atoms in total. The predicted molar refractivity (Wildman–Crippen MR) is 99.5 cm³/mol. The number of methoxy groups -OCH3 is 1. The molecule has 0 bridgehead atoms. The van der Waals surface area contributed by atoms with Gasteiger partial charge in [0.15, 0.2) is 0 Å². The van der Waals surface area contributed by atoms with Crippen molar-refractivity contribution in [3.63, 3.8) is 0 Å². The number of rotatable bonds is 9. The van der Waals surface area contributed by atoms with E-state index in [9.17, 15) is 17.6 Å². The fraction of sp³-hybridized carbons (Fsp3) is 0.316. The summed E-state index contributed by atoms with van der Waals surface area (Å²) in [5.74, 6) is -0.907. The fourth-order valence-corrected chi connectivity index (χ4v) is 2.93. The second-order valence-electron chi connectivity index (χ2n) is 5.77. The molecule has 27 heavy (non-hydrogen) atoms. The van der Waals surface area contributed by atoms with Crippen LogP contribution in [0.1, 0.15) is 22.8 Å². The van der Waals surface area contributed by atoms with Crippen LogP contribution in [0.25, 0.3) is 0 Å². The maximum atomic E-state index is 13.5. The molecular formula is C19H22FNO5S. The zero-order valence-corrected chi connectivity index (χ0v) is 16.0. The summed E-state index contributed by atoms with van der Waals surface area (Å²) in [4.78, 5) is 14.3. The molecule has 8 heteroatoms. The number of carbonyl (C=O) groups excluding carboxylic acids is 1. The number of halogens is 1. The minimum atomic E-state index is -3.70. The van der Waals surface area contributed by atoms with E-state index in [2.05, 4.69) is 0 Å². The summed E-state index contributed by atoms with van der Waals surface area (Å²) in [5, 5.41) is 0. The molecule has 0 heterocycles. The number of nitrogens with zero attached hydrogens (tertiary/aromatic N) is 1. The Labute approximate surface area is 158 Å². The van der Waals surface area contributed by atoms with E-state index in [0.717, 1.165) is 6.07 Å². The average molecular weight is 395 g/mol. The smallest absolute Gasteiger partial charge is 0.308 e. The van der Waals surface area contributed by atoms with Crippen LogP contribution in [0, 0.1) is 5.82 Å². The first-order valence-corrected chi connectivity index (χ1v) is 9.98. The summed E-state index contributed by atoms with van der Waals surface area (Å²) in [6, 6.07) is 12.0. The van der Waals surface area contributed by atoms with Crippen LogP contribution in [0.3, 0.4) is 0 Å². The van der Waals surface area contributed by atoms with Gasteiger partial charge < -0.3 is 13.8 Å². The molecular weight excluding hydrogens is 373 g/mol. The summed E-state index contributed by atoms with van der Waals surface area (Å²) in [6.07, 6.45) is 0. The Morgan fingerprint density at radius 3 is 2.56 bits per heavy atom. The van der Waals surface area contributed by atoms with Gasteiger partial charge in [0, 0.05) is 31.3 Å². The second-order valence-corrected chi connectivity index (χ2v) is 7.63. The average Bonchev–Trinajstić information content (AvgIpc) is 2.65. The highest BCUT2D eigenvalue weighted by molar-refractivity contribution is 7.87. The number of hydrogen-bond acceptors (Lipinski definition) is 5. The highest BCUT2D eigenvalue weighted by atomic mass is 32.2. The Kier molecular flexibility index (Phi) is 7.32. The van der Waals surface area contributed by atoms with Crippen LogP contribution < -0.4 is 4.18 Å². The molecule has 0 radical (unpaired) electrons. The second kappa shape index (κ2) is 9.48. The standard InChI is InChI=1S/C19H22FNO5S/c1-3-27(23,24)26-18-10-5-4-7-16(18)14-21(11-12-25-2)19(22)15-8-6-9-17(20)13-15/h4-10,13H,3,11-12,14H2,1-2H3. The van der Waals surface area contributed by atoms with Crippen molar-refractivity contribution < 1.29 is 26.5 Å². The number of hydrogen-bond donors (Lipinski definition) is 0. The molecule has 0 atom stereocenters. The lowest BCUT2D eigenvalue weighted by atomic mass is 10.1. The van der Waals surface area contributed by atoms with Crippen molar-refractivity contribution in [3.05, 3.63) is 65.5 Å². The van der Waals surface area contributed by atoms with Crippen molar-refractivity contribution in [1.29, 1.82) is 0 Å². The Balaban J connectivity index is 2.30. The van der Waals surface area contributed by atoms with E-state index in [1.807, 2.05) is 0 Å². The van der Waals surface area contributed by atoms with Gasteiger partial charge in [-0.05, 0) is 31.2 Å². The minimum absolute atomic E-state index is 0.0914. The molecule has 0 aliphatic carbocycles. The summed E-state index contributed by atoms with van der Waals surface area (Å²) in [7, 11) is -2.19. The van der Waals surface area contributed by atoms with Gasteiger partial charge in [-0.1, -0.05) is 24.3 Å². The molecule has 2 rings (SSSR count). The van der Waals surface area contributed by atoms with Crippen molar-refractivity contribution in [3.8, 4) is 5.75 Å². The molecule has 2 aromatic carbocycles. The van der Waals surface area contributed by atoms with Gasteiger partial charge in [0.1, 0.15) is 11.6 Å². The summed E-state index contributed by atoms with van der Waals surface area (Å²) in [6.45, 7) is 2.10. The van der Waals surface area contributed by atoms with E-state index >= 15 is 0 Å². The molecule has 0 aromatic heterocycles. The van der Waals surface area contributed by atoms with Crippen LogP contribution in [-0.2, 0) is 21.4 Å². The van der Waals surface area contributed by atoms with E-state index < -0.39 is 15.9 Å². The quantitative estimate of drug-likeness (QED) is 0.611. The lowest BCUT2D eigenvalue weighted by molar-refractivity contribution is 0.0679. The van der Waals surface area contributed by atoms with Gasteiger partial charge in [-0.15, -0.1) is 0 Å². The van der Waals surface area contributed by atoms with Gasteiger partial charge in [-0.3, -0.25) is 4.79 Å². The van der Waals surface area contributed by atoms with Crippen LogP contribution >= 0.6 is 0 Å². The van der Waals surface area contributed by atoms with Gasteiger partial charge in [0.05, 0.1) is 12.4 Å². The van der Waals surface area contributed by atoms with Crippen molar-refractivity contribution in [2.24, 2.45) is 0 Å². The number of ether oxygens (including phenoxy) is 1. The minimum Gasteiger partial charge on any atom is -0.383 e. The van der Waals surface area contributed by atoms with Gasteiger partial charge in [0.25, 0.3) is 5.91 Å². The number of amides is 1. The molecule has 0 saturated heterocycles. The van der Waals surface area contributed by atoms with Crippen molar-refractivity contribution in [1.82, 2.24) is 4.90 Å². The molecule has 146 valence electrons. The third-order valence-corrected chi connectivity index (χ3v) is 4.97. The third kappa shape index (κ3) is 6.04. The Morgan fingerprint density at radius 2 is 1.89 bits per heavy atom. The van der Waals surface area contributed by atoms with Crippen LogP contribution in [0.15, 0.2) is 48.5 Å². The first kappa shape index (κ1) is 20.9. The van der Waals surface area contributed by atoms with Gasteiger partial charge >= 0.3 is 10.1 Å². The van der Waals surface area contributed by atoms with Gasteiger partial charge in [0.2, 0.25) is 0 Å². The Morgan fingerprint density at radius 1 is 1.15 bits per heavy atom. The maximum Gasteiger partial charge on any atom is 0.308 e. The number of para-hydroxylation sites is 1. The lowest BCUT2D eigenvalue weighted by Crippen LogP contribution is -2.33. The first-order valence-electron chi connectivity index (χ1n) is 8.40. The molecule has 0 aliphatic rings. The zero-order chi connectivity index (χ0) is 19.9. The number of benzene rings is 2. The van der Waals surface area contributed by atoms with E-state index in [-0.39, 0.29) is 42.7 Å². The summed E-state index contributed by atoms with van der Waals surface area (Å²) < 4.78 is 47.3. The van der Waals surface area contributed by atoms with Crippen LogP contribution in [0.4, 0.5) is 4.39 Å². The van der Waals surface area contributed by atoms with Crippen molar-refractivity contribution >= 4 is 16.0 Å². The molecule has 0 N–H and O–H groups in total. The highest BCUT2D eigenvalue weighted by Crippen LogP contribution is 2.22. The molecule has 0 saturated carbocycles. The molecule has 0 fully saturated rings. The predicted octanol–water partition coefficient (Wildman–Crippen LogP) is 2.84. The van der Waals surface area contributed by atoms with Gasteiger partial charge in [-0.25, -0.2) is 4.39 Å². The largest absolute Gasteiger partial charge is 0.383 e. The van der Waals surface area contributed by atoms with E-state index in [0.29, 0.717) is 5.56 Å². The van der Waals surface area contributed by atoms with Crippen molar-refractivity contribution in [2.45, 2.75) is 13.5 Å². The van der Waals surface area contributed by atoms with E-state index in [4.69, 9.17) is 8.92 Å². The lowest BCUT2D eigenvalue weighted by Gasteiger charge is -2.23. The highest BCUT2D eigenvalue weighted by Gasteiger charge is 2.20. The number of carbonyl (C=O) groups is 1. The van der Waals surface area contributed by atoms with E-state index in [1.165, 1.54) is 43.2 Å². The molecule has 0 unspecified atom stereocenters. The SMILES string of the molecule is CCS(=O)(=O)Oc1ccccc1CN(CCOC)C(=O)c1cccc(F)c1. The first-order chi connectivity index (χ1) is 12.9. The molecule has 0 spiro atoms. The monoisotopic (exact) mass is 395 g/mol. The van der Waals surface area contributed by atoms with Crippen LogP contribution in [0.2, 0.25) is 0 Å². The Bertz CT molecular complexity index is 885. The third-order valence-electron chi connectivity index (χ3n) is 3.83.